The van der Waals surface area contributed by atoms with Crippen LogP contribution in [0, 0.1) is 0 Å². The van der Waals surface area contributed by atoms with Crippen LogP contribution in [0.15, 0.2) is 36.4 Å². The molecule has 0 unspecified atom stereocenters. The van der Waals surface area contributed by atoms with Crippen molar-refractivity contribution in [1.82, 2.24) is 5.32 Å². The van der Waals surface area contributed by atoms with Crippen molar-refractivity contribution in [3.8, 4) is 5.75 Å². The van der Waals surface area contributed by atoms with Crippen LogP contribution in [-0.4, -0.2) is 25.0 Å². The Morgan fingerprint density at radius 3 is 2.63 bits per heavy atom. The quantitative estimate of drug-likeness (QED) is 0.692. The highest BCUT2D eigenvalue weighted by molar-refractivity contribution is 6.43. The maximum Gasteiger partial charge on any atom is 0.258 e. The first-order valence-corrected chi connectivity index (χ1v) is 9.51. The van der Waals surface area contributed by atoms with Crippen LogP contribution in [0.2, 0.25) is 15.1 Å². The van der Waals surface area contributed by atoms with Crippen molar-refractivity contribution in [1.29, 1.82) is 0 Å². The lowest BCUT2D eigenvalue weighted by Crippen LogP contribution is -2.28. The highest BCUT2D eigenvalue weighted by atomic mass is 35.5. The summed E-state index contributed by atoms with van der Waals surface area (Å²) < 4.78 is 5.40. The molecule has 27 heavy (non-hydrogen) atoms. The molecule has 1 aliphatic rings. The van der Waals surface area contributed by atoms with Gasteiger partial charge in [0.25, 0.3) is 5.91 Å². The fourth-order valence-electron chi connectivity index (χ4n) is 2.77. The van der Waals surface area contributed by atoms with Gasteiger partial charge < -0.3 is 15.0 Å². The van der Waals surface area contributed by atoms with E-state index < -0.39 is 0 Å². The van der Waals surface area contributed by atoms with E-state index >= 15 is 0 Å². The van der Waals surface area contributed by atoms with Crippen molar-refractivity contribution in [2.75, 3.05) is 18.1 Å². The lowest BCUT2D eigenvalue weighted by molar-refractivity contribution is -0.123. The number of rotatable bonds is 6. The van der Waals surface area contributed by atoms with E-state index in [0.717, 1.165) is 24.2 Å². The molecule has 0 saturated carbocycles. The summed E-state index contributed by atoms with van der Waals surface area (Å²) in [5, 5.41) is 3.66. The zero-order valence-corrected chi connectivity index (χ0v) is 16.6. The van der Waals surface area contributed by atoms with Crippen LogP contribution in [0.4, 0.5) is 5.69 Å². The SMILES string of the molecule is O=C(COc1cc(Cl)c(Cl)cc1Cl)NCc1cccc(N2CCCC2=O)c1. The Labute approximate surface area is 172 Å². The Kier molecular flexibility index (Phi) is 6.47. The van der Waals surface area contributed by atoms with Crippen LogP contribution in [-0.2, 0) is 16.1 Å². The molecule has 0 aliphatic carbocycles. The minimum Gasteiger partial charge on any atom is -0.482 e. The Hall–Kier alpha value is -1.95. The van der Waals surface area contributed by atoms with Gasteiger partial charge in [-0.2, -0.15) is 0 Å². The second-order valence-electron chi connectivity index (χ2n) is 6.08. The van der Waals surface area contributed by atoms with Crippen molar-refractivity contribution in [2.45, 2.75) is 19.4 Å². The largest absolute Gasteiger partial charge is 0.482 e. The fourth-order valence-corrected chi connectivity index (χ4v) is 3.36. The second-order valence-corrected chi connectivity index (χ2v) is 7.30. The topological polar surface area (TPSA) is 58.6 Å². The van der Waals surface area contributed by atoms with Crippen LogP contribution in [0.5, 0.6) is 5.75 Å². The predicted molar refractivity (Wildman–Crippen MR) is 107 cm³/mol. The molecule has 142 valence electrons. The lowest BCUT2D eigenvalue weighted by atomic mass is 10.2. The molecule has 1 fully saturated rings. The third-order valence-corrected chi connectivity index (χ3v) is 5.14. The number of ether oxygens (including phenoxy) is 1. The number of nitrogens with one attached hydrogen (secondary N) is 1. The number of hydrogen-bond donors (Lipinski definition) is 1. The zero-order valence-electron chi connectivity index (χ0n) is 14.3. The molecule has 1 heterocycles. The minimum atomic E-state index is -0.306. The molecule has 0 atom stereocenters. The molecule has 1 N–H and O–H groups in total. The number of hydrogen-bond acceptors (Lipinski definition) is 3. The number of halogens is 3. The standard InChI is InChI=1S/C19H17Cl3N2O3/c20-14-8-16(22)17(9-15(14)21)27-11-18(25)23-10-12-3-1-4-13(7-12)24-6-2-5-19(24)26/h1,3-4,7-9H,2,5-6,10-11H2,(H,23,25). The van der Waals surface area contributed by atoms with E-state index in [1.165, 1.54) is 12.1 Å². The Morgan fingerprint density at radius 2 is 1.89 bits per heavy atom. The van der Waals surface area contributed by atoms with Crippen molar-refractivity contribution in [3.05, 3.63) is 57.0 Å². The van der Waals surface area contributed by atoms with E-state index in [1.807, 2.05) is 24.3 Å². The molecular formula is C19H17Cl3N2O3. The molecule has 3 rings (SSSR count). The van der Waals surface area contributed by atoms with Crippen LogP contribution in [0.25, 0.3) is 0 Å². The van der Waals surface area contributed by atoms with Crippen molar-refractivity contribution >= 4 is 52.3 Å². The van der Waals surface area contributed by atoms with Crippen molar-refractivity contribution in [3.63, 3.8) is 0 Å². The van der Waals surface area contributed by atoms with Gasteiger partial charge in [0.2, 0.25) is 5.91 Å². The number of nitrogens with zero attached hydrogens (tertiary/aromatic N) is 1. The van der Waals surface area contributed by atoms with Gasteiger partial charge in [0.05, 0.1) is 15.1 Å². The summed E-state index contributed by atoms with van der Waals surface area (Å²) in [6.07, 6.45) is 1.45. The second kappa shape index (κ2) is 8.83. The van der Waals surface area contributed by atoms with E-state index in [2.05, 4.69) is 5.32 Å². The van der Waals surface area contributed by atoms with Gasteiger partial charge in [-0.25, -0.2) is 0 Å². The third kappa shape index (κ3) is 5.06. The average Bonchev–Trinajstić information content (AvgIpc) is 3.08. The molecule has 1 saturated heterocycles. The van der Waals surface area contributed by atoms with Gasteiger partial charge in [0.15, 0.2) is 6.61 Å². The summed E-state index contributed by atoms with van der Waals surface area (Å²) in [5.41, 5.74) is 1.75. The predicted octanol–water partition coefficient (Wildman–Crippen LogP) is 4.47. The smallest absolute Gasteiger partial charge is 0.258 e. The van der Waals surface area contributed by atoms with Gasteiger partial charge in [-0.3, -0.25) is 9.59 Å². The van der Waals surface area contributed by atoms with Gasteiger partial charge in [-0.1, -0.05) is 46.9 Å². The molecule has 2 aromatic rings. The minimum absolute atomic E-state index is 0.128. The third-order valence-electron chi connectivity index (χ3n) is 4.12. The zero-order chi connectivity index (χ0) is 19.4. The van der Waals surface area contributed by atoms with E-state index in [0.29, 0.717) is 23.0 Å². The molecule has 0 spiro atoms. The van der Waals surface area contributed by atoms with Crippen molar-refractivity contribution < 1.29 is 14.3 Å². The lowest BCUT2D eigenvalue weighted by Gasteiger charge is -2.16. The Balaban J connectivity index is 1.54. The molecule has 0 bridgehead atoms. The summed E-state index contributed by atoms with van der Waals surface area (Å²) in [5.74, 6) is 0.110. The van der Waals surface area contributed by atoms with Gasteiger partial charge in [-0.15, -0.1) is 0 Å². The van der Waals surface area contributed by atoms with Crippen molar-refractivity contribution in [2.24, 2.45) is 0 Å². The number of benzene rings is 2. The maximum atomic E-state index is 12.0. The molecule has 0 radical (unpaired) electrons. The number of carbonyl (C=O) groups is 2. The molecule has 2 aromatic carbocycles. The summed E-state index contributed by atoms with van der Waals surface area (Å²) in [6.45, 7) is 0.849. The van der Waals surface area contributed by atoms with E-state index in [1.54, 1.807) is 4.90 Å². The number of anilines is 1. The van der Waals surface area contributed by atoms with Crippen LogP contribution >= 0.6 is 34.8 Å². The molecule has 2 amide bonds. The van der Waals surface area contributed by atoms with Gasteiger partial charge in [0.1, 0.15) is 5.75 Å². The summed E-state index contributed by atoms with van der Waals surface area (Å²) >= 11 is 17.8. The molecular weight excluding hydrogens is 411 g/mol. The van der Waals surface area contributed by atoms with Gasteiger partial charge >= 0.3 is 0 Å². The van der Waals surface area contributed by atoms with Crippen LogP contribution < -0.4 is 15.0 Å². The van der Waals surface area contributed by atoms with Gasteiger partial charge in [0, 0.05) is 31.3 Å². The summed E-state index contributed by atoms with van der Waals surface area (Å²) in [6, 6.07) is 10.5. The first-order chi connectivity index (χ1) is 12.9. The molecule has 5 nitrogen and oxygen atoms in total. The highest BCUT2D eigenvalue weighted by Crippen LogP contribution is 2.33. The first kappa shape index (κ1) is 19.8. The van der Waals surface area contributed by atoms with Gasteiger partial charge in [-0.05, 0) is 30.2 Å². The van der Waals surface area contributed by atoms with E-state index in [-0.39, 0.29) is 29.2 Å². The average molecular weight is 428 g/mol. The first-order valence-electron chi connectivity index (χ1n) is 8.37. The molecule has 8 heteroatoms. The van der Waals surface area contributed by atoms with Crippen LogP contribution in [0.1, 0.15) is 18.4 Å². The number of carbonyl (C=O) groups excluding carboxylic acids is 2. The maximum absolute atomic E-state index is 12.0. The Morgan fingerprint density at radius 1 is 1.11 bits per heavy atom. The summed E-state index contributed by atoms with van der Waals surface area (Å²) in [4.78, 5) is 25.7. The number of amides is 2. The van der Waals surface area contributed by atoms with E-state index in [9.17, 15) is 9.59 Å². The summed E-state index contributed by atoms with van der Waals surface area (Å²) in [7, 11) is 0. The highest BCUT2D eigenvalue weighted by Gasteiger charge is 2.21. The van der Waals surface area contributed by atoms with E-state index in [4.69, 9.17) is 39.5 Å². The normalized spacial score (nSPS) is 13.7. The fraction of sp³-hybridized carbons (Fsp3) is 0.263. The Bertz CT molecular complexity index is 873. The molecule has 1 aliphatic heterocycles. The van der Waals surface area contributed by atoms with Crippen LogP contribution in [0.3, 0.4) is 0 Å². The monoisotopic (exact) mass is 426 g/mol. The molecule has 0 aromatic heterocycles.